The molecule has 4 heteroatoms. The molecule has 0 saturated carbocycles. The van der Waals surface area contributed by atoms with Gasteiger partial charge in [-0.15, -0.1) is 12.4 Å². The predicted molar refractivity (Wildman–Crippen MR) is 65.4 cm³/mol. The molecular weight excluding hydrogens is 226 g/mol. The highest BCUT2D eigenvalue weighted by molar-refractivity contribution is 5.88. The molecule has 1 aromatic carbocycles. The Morgan fingerprint density at radius 2 is 2.25 bits per heavy atom. The smallest absolute Gasteiger partial charge is 0.335 e. The highest BCUT2D eigenvalue weighted by Crippen LogP contribution is 2.31. The summed E-state index contributed by atoms with van der Waals surface area (Å²) in [7, 11) is 0. The molecule has 0 fully saturated rings. The minimum Gasteiger partial charge on any atom is -0.478 e. The number of aromatic carboxylic acids is 1. The highest BCUT2D eigenvalue weighted by atomic mass is 35.5. The Morgan fingerprint density at radius 3 is 2.88 bits per heavy atom. The maximum Gasteiger partial charge on any atom is 0.335 e. The minimum atomic E-state index is -0.862. The Bertz CT molecular complexity index is 393. The molecule has 88 valence electrons. The minimum absolute atomic E-state index is 0. The summed E-state index contributed by atoms with van der Waals surface area (Å²) in [5, 5.41) is 8.91. The molecule has 1 aromatic rings. The molecular formula is C12H16ClNO2. The summed E-state index contributed by atoms with van der Waals surface area (Å²) >= 11 is 0. The summed E-state index contributed by atoms with van der Waals surface area (Å²) in [5.74, 6) is -0.521. The van der Waals surface area contributed by atoms with Gasteiger partial charge in [-0.1, -0.05) is 6.07 Å². The fourth-order valence-electron chi connectivity index (χ4n) is 2.27. The molecule has 0 aliphatic heterocycles. The lowest BCUT2D eigenvalue weighted by Gasteiger charge is -2.24. The number of rotatable bonds is 2. The second kappa shape index (κ2) is 5.32. The maximum absolute atomic E-state index is 10.9. The first-order chi connectivity index (χ1) is 7.22. The maximum atomic E-state index is 10.9. The van der Waals surface area contributed by atoms with Crippen molar-refractivity contribution in [3.8, 4) is 0 Å². The molecule has 3 N–H and O–H groups in total. The number of nitrogens with two attached hydrogens (primary N) is 1. The van der Waals surface area contributed by atoms with E-state index in [4.69, 9.17) is 10.8 Å². The van der Waals surface area contributed by atoms with Gasteiger partial charge < -0.3 is 10.8 Å². The van der Waals surface area contributed by atoms with Crippen LogP contribution in [0.4, 0.5) is 0 Å². The van der Waals surface area contributed by atoms with Crippen molar-refractivity contribution >= 4 is 18.4 Å². The predicted octanol–water partition coefficient (Wildman–Crippen LogP) is 2.19. The van der Waals surface area contributed by atoms with E-state index in [1.54, 1.807) is 12.1 Å². The third-order valence-corrected chi connectivity index (χ3v) is 3.12. The van der Waals surface area contributed by atoms with Crippen LogP contribution in [0.15, 0.2) is 18.2 Å². The Labute approximate surface area is 101 Å². The number of carbonyl (C=O) groups is 1. The van der Waals surface area contributed by atoms with Gasteiger partial charge in [0, 0.05) is 0 Å². The number of halogens is 1. The first-order valence-electron chi connectivity index (χ1n) is 5.28. The van der Waals surface area contributed by atoms with Gasteiger partial charge in [-0.05, 0) is 55.0 Å². The van der Waals surface area contributed by atoms with E-state index in [-0.39, 0.29) is 12.4 Å². The molecule has 0 heterocycles. The van der Waals surface area contributed by atoms with Crippen molar-refractivity contribution < 1.29 is 9.90 Å². The van der Waals surface area contributed by atoms with Gasteiger partial charge in [-0.2, -0.15) is 0 Å². The molecule has 1 aliphatic carbocycles. The molecule has 0 aromatic heterocycles. The summed E-state index contributed by atoms with van der Waals surface area (Å²) in [6.07, 6.45) is 3.28. The van der Waals surface area contributed by atoms with Crippen molar-refractivity contribution in [1.82, 2.24) is 0 Å². The number of aryl methyl sites for hydroxylation is 1. The van der Waals surface area contributed by atoms with Gasteiger partial charge in [0.05, 0.1) is 5.56 Å². The van der Waals surface area contributed by atoms with Crippen LogP contribution < -0.4 is 5.73 Å². The molecule has 1 unspecified atom stereocenters. The summed E-state index contributed by atoms with van der Waals surface area (Å²) < 4.78 is 0. The molecule has 0 bridgehead atoms. The van der Waals surface area contributed by atoms with Crippen LogP contribution in [-0.4, -0.2) is 17.6 Å². The molecule has 0 amide bonds. The zero-order chi connectivity index (χ0) is 10.8. The zero-order valence-electron chi connectivity index (χ0n) is 8.98. The van der Waals surface area contributed by atoms with Crippen molar-refractivity contribution in [2.24, 2.45) is 5.73 Å². The summed E-state index contributed by atoms with van der Waals surface area (Å²) in [6, 6.07) is 5.40. The van der Waals surface area contributed by atoms with Crippen LogP contribution in [0.3, 0.4) is 0 Å². The van der Waals surface area contributed by atoms with Crippen LogP contribution >= 0.6 is 12.4 Å². The average molecular weight is 242 g/mol. The second-order valence-electron chi connectivity index (χ2n) is 4.04. The van der Waals surface area contributed by atoms with Gasteiger partial charge in [-0.25, -0.2) is 4.79 Å². The number of hydrogen-bond donors (Lipinski definition) is 2. The van der Waals surface area contributed by atoms with Gasteiger partial charge in [0.15, 0.2) is 0 Å². The zero-order valence-corrected chi connectivity index (χ0v) is 9.80. The highest BCUT2D eigenvalue weighted by Gasteiger charge is 2.20. The monoisotopic (exact) mass is 241 g/mol. The van der Waals surface area contributed by atoms with E-state index in [0.29, 0.717) is 18.0 Å². The molecule has 16 heavy (non-hydrogen) atoms. The van der Waals surface area contributed by atoms with E-state index in [1.165, 1.54) is 5.56 Å². The van der Waals surface area contributed by atoms with Gasteiger partial charge in [0.2, 0.25) is 0 Å². The lowest BCUT2D eigenvalue weighted by atomic mass is 9.82. The molecule has 1 atom stereocenters. The van der Waals surface area contributed by atoms with E-state index in [2.05, 4.69) is 0 Å². The van der Waals surface area contributed by atoms with E-state index in [9.17, 15) is 4.79 Å². The average Bonchev–Trinajstić information content (AvgIpc) is 2.27. The fourth-order valence-corrected chi connectivity index (χ4v) is 2.27. The van der Waals surface area contributed by atoms with Crippen LogP contribution in [0, 0.1) is 0 Å². The first kappa shape index (κ1) is 13.0. The summed E-state index contributed by atoms with van der Waals surface area (Å²) in [4.78, 5) is 10.9. The quantitative estimate of drug-likeness (QED) is 0.834. The molecule has 1 aliphatic rings. The van der Waals surface area contributed by atoms with E-state index in [0.717, 1.165) is 24.8 Å². The third kappa shape index (κ3) is 2.36. The standard InChI is InChI=1S/C12H15NO2.ClH/c13-7-10-3-1-2-8-4-5-9(12(14)15)6-11(8)10;/h4-6,10H,1-3,7,13H2,(H,14,15);1H. The van der Waals surface area contributed by atoms with E-state index >= 15 is 0 Å². The molecule has 2 rings (SSSR count). The molecule has 0 saturated heterocycles. The van der Waals surface area contributed by atoms with Crippen molar-refractivity contribution in [3.63, 3.8) is 0 Å². The van der Waals surface area contributed by atoms with Gasteiger partial charge in [0.25, 0.3) is 0 Å². The normalized spacial score (nSPS) is 18.4. The first-order valence-corrected chi connectivity index (χ1v) is 5.28. The van der Waals surface area contributed by atoms with Crippen LogP contribution in [0.5, 0.6) is 0 Å². The molecule has 3 nitrogen and oxygen atoms in total. The van der Waals surface area contributed by atoms with Crippen molar-refractivity contribution in [3.05, 3.63) is 34.9 Å². The van der Waals surface area contributed by atoms with Crippen LogP contribution in [0.2, 0.25) is 0 Å². The second-order valence-corrected chi connectivity index (χ2v) is 4.04. The molecule has 0 radical (unpaired) electrons. The Morgan fingerprint density at radius 1 is 1.50 bits per heavy atom. The Kier molecular flexibility index (Phi) is 4.33. The van der Waals surface area contributed by atoms with Crippen LogP contribution in [0.1, 0.15) is 40.2 Å². The fraction of sp³-hybridized carbons (Fsp3) is 0.417. The number of fused-ring (bicyclic) bond motifs is 1. The largest absolute Gasteiger partial charge is 0.478 e. The van der Waals surface area contributed by atoms with Crippen molar-refractivity contribution in [1.29, 1.82) is 0 Å². The number of carboxylic acid groups (broad SMARTS) is 1. The lowest BCUT2D eigenvalue weighted by Crippen LogP contribution is -2.18. The summed E-state index contributed by atoms with van der Waals surface area (Å²) in [6.45, 7) is 0.607. The van der Waals surface area contributed by atoms with E-state index in [1.807, 2.05) is 6.07 Å². The topological polar surface area (TPSA) is 63.3 Å². The van der Waals surface area contributed by atoms with Gasteiger partial charge >= 0.3 is 5.97 Å². The van der Waals surface area contributed by atoms with Crippen LogP contribution in [-0.2, 0) is 6.42 Å². The van der Waals surface area contributed by atoms with Gasteiger partial charge in [-0.3, -0.25) is 0 Å². The Balaban J connectivity index is 0.00000128. The third-order valence-electron chi connectivity index (χ3n) is 3.12. The summed E-state index contributed by atoms with van der Waals surface area (Å²) in [5.41, 5.74) is 8.47. The lowest BCUT2D eigenvalue weighted by molar-refractivity contribution is 0.0696. The van der Waals surface area contributed by atoms with Gasteiger partial charge in [0.1, 0.15) is 0 Å². The molecule has 0 spiro atoms. The van der Waals surface area contributed by atoms with Crippen molar-refractivity contribution in [2.75, 3.05) is 6.54 Å². The van der Waals surface area contributed by atoms with E-state index < -0.39 is 5.97 Å². The number of benzene rings is 1. The number of carboxylic acids is 1. The Hall–Kier alpha value is -1.06. The van der Waals surface area contributed by atoms with Crippen LogP contribution in [0.25, 0.3) is 0 Å². The SMILES string of the molecule is Cl.NCC1CCCc2ccc(C(=O)O)cc21. The van der Waals surface area contributed by atoms with Crippen molar-refractivity contribution in [2.45, 2.75) is 25.2 Å². The number of hydrogen-bond acceptors (Lipinski definition) is 2.